The van der Waals surface area contributed by atoms with Crippen molar-refractivity contribution >= 4 is 46.1 Å². The molecule has 3 rings (SSSR count). The van der Waals surface area contributed by atoms with Crippen molar-refractivity contribution in [1.82, 2.24) is 25.1 Å². The molecule has 2 aromatic heterocycles. The number of fused-ring (bicyclic) bond motifs is 1. The molecule has 7 nitrogen and oxygen atoms in total. The molecule has 0 radical (unpaired) electrons. The number of halogens is 2. The fourth-order valence-corrected chi connectivity index (χ4v) is 3.69. The summed E-state index contributed by atoms with van der Waals surface area (Å²) in [5.74, 6) is 0.838. The number of amides is 1. The minimum atomic E-state index is -0.486. The second-order valence-corrected chi connectivity index (χ2v) is 8.18. The molecule has 0 spiro atoms. The molecule has 30 heavy (non-hydrogen) atoms. The number of hydrogen-bond acceptors (Lipinski definition) is 6. The smallest absolute Gasteiger partial charge is 0.224 e. The van der Waals surface area contributed by atoms with Crippen molar-refractivity contribution in [3.05, 3.63) is 40.8 Å². The zero-order chi connectivity index (χ0) is 21.5. The van der Waals surface area contributed by atoms with Gasteiger partial charge in [-0.1, -0.05) is 43.3 Å². The van der Waals surface area contributed by atoms with Crippen molar-refractivity contribution in [2.75, 3.05) is 24.2 Å². The maximum Gasteiger partial charge on any atom is 0.224 e. The molecule has 0 aliphatic rings. The van der Waals surface area contributed by atoms with Crippen LogP contribution in [0.2, 0.25) is 5.02 Å². The van der Waals surface area contributed by atoms with Crippen molar-refractivity contribution in [2.24, 2.45) is 0 Å². The van der Waals surface area contributed by atoms with Crippen LogP contribution in [0.25, 0.3) is 11.0 Å². The Morgan fingerprint density at radius 1 is 1.27 bits per heavy atom. The highest BCUT2D eigenvalue weighted by atomic mass is 35.5. The number of anilines is 1. The fourth-order valence-electron chi connectivity index (χ4n) is 2.90. The van der Waals surface area contributed by atoms with Crippen molar-refractivity contribution in [3.63, 3.8) is 0 Å². The molecule has 2 heterocycles. The summed E-state index contributed by atoms with van der Waals surface area (Å²) in [5.41, 5.74) is 0.910. The third kappa shape index (κ3) is 5.40. The van der Waals surface area contributed by atoms with Crippen molar-refractivity contribution in [2.45, 2.75) is 38.4 Å². The molecule has 10 heteroatoms. The highest BCUT2D eigenvalue weighted by molar-refractivity contribution is 7.99. The van der Waals surface area contributed by atoms with Gasteiger partial charge in [0.2, 0.25) is 5.91 Å². The minimum absolute atomic E-state index is 0.115. The molecule has 0 saturated carbocycles. The number of nitrogens with zero attached hydrogens (tertiary/aromatic N) is 4. The summed E-state index contributed by atoms with van der Waals surface area (Å²) in [7, 11) is 0. The Balaban J connectivity index is 1.68. The number of thioether (sulfide) groups is 1. The van der Waals surface area contributed by atoms with Crippen LogP contribution in [0.1, 0.15) is 25.8 Å². The summed E-state index contributed by atoms with van der Waals surface area (Å²) in [6.45, 7) is 5.71. The Hall–Kier alpha value is -2.39. The van der Waals surface area contributed by atoms with Crippen LogP contribution >= 0.6 is 23.4 Å². The molecule has 0 aliphatic heterocycles. The first kappa shape index (κ1) is 22.3. The van der Waals surface area contributed by atoms with E-state index in [0.717, 1.165) is 29.9 Å². The summed E-state index contributed by atoms with van der Waals surface area (Å²) in [6.07, 6.45) is 2.60. The predicted octanol–water partition coefficient (Wildman–Crippen LogP) is 3.91. The van der Waals surface area contributed by atoms with Gasteiger partial charge in [0.25, 0.3) is 0 Å². The topological polar surface area (TPSA) is 84.7 Å². The van der Waals surface area contributed by atoms with Crippen LogP contribution in [0.15, 0.2) is 29.6 Å². The number of carbonyl (C=O) groups excluding carboxylic acids is 1. The molecule has 0 unspecified atom stereocenters. The Labute approximate surface area is 183 Å². The van der Waals surface area contributed by atoms with Crippen LogP contribution in [0, 0.1) is 5.82 Å². The van der Waals surface area contributed by atoms with Gasteiger partial charge < -0.3 is 10.6 Å². The van der Waals surface area contributed by atoms with Gasteiger partial charge in [0.15, 0.2) is 10.8 Å². The van der Waals surface area contributed by atoms with Gasteiger partial charge in [-0.05, 0) is 24.3 Å². The molecule has 1 amide bonds. The van der Waals surface area contributed by atoms with Gasteiger partial charge in [0.05, 0.1) is 24.5 Å². The van der Waals surface area contributed by atoms with E-state index in [0.29, 0.717) is 23.9 Å². The fraction of sp³-hybridized carbons (Fsp3) is 0.400. The first-order chi connectivity index (χ1) is 14.5. The number of benzene rings is 1. The Kier molecular flexibility index (Phi) is 7.87. The van der Waals surface area contributed by atoms with E-state index < -0.39 is 5.82 Å². The average Bonchev–Trinajstić information content (AvgIpc) is 3.12. The van der Waals surface area contributed by atoms with E-state index in [-0.39, 0.29) is 22.9 Å². The summed E-state index contributed by atoms with van der Waals surface area (Å²) in [4.78, 5) is 21.4. The van der Waals surface area contributed by atoms with Gasteiger partial charge in [-0.15, -0.1) is 0 Å². The molecular formula is C20H24ClFN6OS. The lowest BCUT2D eigenvalue weighted by Crippen LogP contribution is -2.29. The van der Waals surface area contributed by atoms with Gasteiger partial charge >= 0.3 is 0 Å². The van der Waals surface area contributed by atoms with Gasteiger partial charge in [0.1, 0.15) is 11.6 Å². The van der Waals surface area contributed by atoms with Crippen molar-refractivity contribution in [1.29, 1.82) is 0 Å². The number of carbonyl (C=O) groups is 1. The molecule has 3 aromatic rings. The summed E-state index contributed by atoms with van der Waals surface area (Å²) < 4.78 is 15.6. The Morgan fingerprint density at radius 3 is 2.83 bits per heavy atom. The first-order valence-corrected chi connectivity index (χ1v) is 11.2. The molecule has 0 fully saturated rings. The number of aromatic nitrogens is 4. The van der Waals surface area contributed by atoms with E-state index in [4.69, 9.17) is 11.6 Å². The number of nitrogens with one attached hydrogen (secondary N) is 2. The zero-order valence-corrected chi connectivity index (χ0v) is 18.5. The summed E-state index contributed by atoms with van der Waals surface area (Å²) >= 11 is 7.55. The average molecular weight is 451 g/mol. The summed E-state index contributed by atoms with van der Waals surface area (Å²) in [6, 6.07) is 4.37. The quantitative estimate of drug-likeness (QED) is 0.360. The highest BCUT2D eigenvalue weighted by Gasteiger charge is 2.14. The monoisotopic (exact) mass is 450 g/mol. The lowest BCUT2D eigenvalue weighted by molar-refractivity contribution is -0.120. The zero-order valence-electron chi connectivity index (χ0n) is 16.9. The predicted molar refractivity (Wildman–Crippen MR) is 119 cm³/mol. The van der Waals surface area contributed by atoms with Gasteiger partial charge in [-0.25, -0.2) is 19.0 Å². The maximum absolute atomic E-state index is 13.9. The standard InChI is InChI=1S/C20H24ClFN6OS/c1-3-8-24-18-14-12-25-28(19(14)27-20(26-18)30-4-2)10-9-23-17(29)11-13-15(21)6-5-7-16(13)22/h5-7,12H,3-4,8-11H2,1-2H3,(H,23,29)(H,24,26,27). The second-order valence-electron chi connectivity index (χ2n) is 6.55. The van der Waals surface area contributed by atoms with E-state index >= 15 is 0 Å². The maximum atomic E-state index is 13.9. The highest BCUT2D eigenvalue weighted by Crippen LogP contribution is 2.24. The molecule has 0 aliphatic carbocycles. The number of hydrogen-bond donors (Lipinski definition) is 2. The molecule has 1 aromatic carbocycles. The van der Waals surface area contributed by atoms with Crippen LogP contribution in [-0.2, 0) is 17.8 Å². The van der Waals surface area contributed by atoms with Crippen LogP contribution in [0.4, 0.5) is 10.2 Å². The lowest BCUT2D eigenvalue weighted by Gasteiger charge is -2.10. The number of rotatable bonds is 10. The third-order valence-corrected chi connectivity index (χ3v) is 5.42. The molecule has 160 valence electrons. The Bertz CT molecular complexity index is 1010. The van der Waals surface area contributed by atoms with Crippen LogP contribution in [-0.4, -0.2) is 44.5 Å². The third-order valence-electron chi connectivity index (χ3n) is 4.34. The molecule has 2 N–H and O–H groups in total. The second kappa shape index (κ2) is 10.6. The molecule has 0 bridgehead atoms. The van der Waals surface area contributed by atoms with E-state index in [2.05, 4.69) is 32.6 Å². The van der Waals surface area contributed by atoms with Gasteiger partial charge in [-0.3, -0.25) is 4.79 Å². The van der Waals surface area contributed by atoms with Gasteiger partial charge in [-0.2, -0.15) is 5.10 Å². The Morgan fingerprint density at radius 2 is 2.10 bits per heavy atom. The van der Waals surface area contributed by atoms with E-state index in [9.17, 15) is 9.18 Å². The lowest BCUT2D eigenvalue weighted by atomic mass is 10.1. The first-order valence-electron chi connectivity index (χ1n) is 9.83. The van der Waals surface area contributed by atoms with E-state index in [1.165, 1.54) is 12.1 Å². The minimum Gasteiger partial charge on any atom is -0.369 e. The van der Waals surface area contributed by atoms with Crippen LogP contribution in [0.3, 0.4) is 0 Å². The van der Waals surface area contributed by atoms with E-state index in [1.54, 1.807) is 28.7 Å². The largest absolute Gasteiger partial charge is 0.369 e. The van der Waals surface area contributed by atoms with Gasteiger partial charge in [0, 0.05) is 23.7 Å². The molecule has 0 saturated heterocycles. The molecular weight excluding hydrogens is 427 g/mol. The molecule has 0 atom stereocenters. The normalized spacial score (nSPS) is 11.1. The van der Waals surface area contributed by atoms with Crippen LogP contribution in [0.5, 0.6) is 0 Å². The van der Waals surface area contributed by atoms with E-state index in [1.807, 2.05) is 6.92 Å². The van der Waals surface area contributed by atoms with Crippen molar-refractivity contribution < 1.29 is 9.18 Å². The van der Waals surface area contributed by atoms with Crippen LogP contribution < -0.4 is 10.6 Å². The van der Waals surface area contributed by atoms with Crippen molar-refractivity contribution in [3.8, 4) is 0 Å². The SMILES string of the molecule is CCCNc1nc(SCC)nc2c1cnn2CCNC(=O)Cc1c(F)cccc1Cl. The summed E-state index contributed by atoms with van der Waals surface area (Å²) in [5, 5.41) is 12.3.